The summed E-state index contributed by atoms with van der Waals surface area (Å²) in [6.07, 6.45) is -4.90. The van der Waals surface area contributed by atoms with E-state index in [1.54, 1.807) is 0 Å². The summed E-state index contributed by atoms with van der Waals surface area (Å²) in [6.45, 7) is 0.760. The smallest absolute Gasteiger partial charge is 0.379 e. The number of rotatable bonds is 5. The molecule has 2 aromatic rings. The molecule has 0 bridgehead atoms. The van der Waals surface area contributed by atoms with Crippen molar-refractivity contribution in [2.45, 2.75) is 23.6 Å². The quantitative estimate of drug-likeness (QED) is 0.540. The molecule has 0 saturated heterocycles. The van der Waals surface area contributed by atoms with Gasteiger partial charge in [-0.2, -0.15) is 18.4 Å². The van der Waals surface area contributed by atoms with Gasteiger partial charge >= 0.3 is 6.18 Å². The standard InChI is InChI=1S/C18H13F5N2O4S/c1-17(27,9-30(28,29)15-5-3-11(19)6-14(15)20)16(26)25-12-4-2-10(8-24)13(7-12)18(21,22)23/h2-7,27H,9H2,1H3,(H,25,26)/t17-/m0/s1. The molecule has 0 saturated carbocycles. The number of hydrogen-bond donors (Lipinski definition) is 2. The monoisotopic (exact) mass is 448 g/mol. The first-order valence-electron chi connectivity index (χ1n) is 8.00. The van der Waals surface area contributed by atoms with Crippen LogP contribution in [0.3, 0.4) is 0 Å². The van der Waals surface area contributed by atoms with Gasteiger partial charge in [-0.1, -0.05) is 0 Å². The van der Waals surface area contributed by atoms with Crippen molar-refractivity contribution >= 4 is 21.4 Å². The number of hydrogen-bond acceptors (Lipinski definition) is 5. The van der Waals surface area contributed by atoms with Crippen molar-refractivity contribution in [3.05, 3.63) is 59.2 Å². The lowest BCUT2D eigenvalue weighted by molar-refractivity contribution is -0.137. The van der Waals surface area contributed by atoms with E-state index >= 15 is 0 Å². The molecular weight excluding hydrogens is 435 g/mol. The number of benzene rings is 2. The molecule has 0 aliphatic rings. The predicted molar refractivity (Wildman–Crippen MR) is 93.8 cm³/mol. The van der Waals surface area contributed by atoms with Gasteiger partial charge < -0.3 is 10.4 Å². The van der Waals surface area contributed by atoms with Crippen LogP contribution in [0, 0.1) is 23.0 Å². The number of aliphatic hydroxyl groups is 1. The zero-order chi connectivity index (χ0) is 22.9. The second-order valence-corrected chi connectivity index (χ2v) is 8.39. The maximum Gasteiger partial charge on any atom is 0.417 e. The Balaban J connectivity index is 2.29. The Hall–Kier alpha value is -3.04. The largest absolute Gasteiger partial charge is 0.417 e. The van der Waals surface area contributed by atoms with Gasteiger partial charge in [0.05, 0.1) is 22.9 Å². The summed E-state index contributed by atoms with van der Waals surface area (Å²) >= 11 is 0. The van der Waals surface area contributed by atoms with Gasteiger partial charge in [0.15, 0.2) is 15.4 Å². The second kappa shape index (κ2) is 8.00. The third-order valence-corrected chi connectivity index (χ3v) is 5.84. The summed E-state index contributed by atoms with van der Waals surface area (Å²) < 4.78 is 90.4. The van der Waals surface area contributed by atoms with E-state index in [4.69, 9.17) is 5.26 Å². The molecule has 160 valence electrons. The minimum Gasteiger partial charge on any atom is -0.379 e. The van der Waals surface area contributed by atoms with Gasteiger partial charge in [0, 0.05) is 11.8 Å². The van der Waals surface area contributed by atoms with Crippen molar-refractivity contribution in [2.24, 2.45) is 0 Å². The number of halogens is 5. The molecule has 0 aliphatic carbocycles. The maximum atomic E-state index is 13.8. The highest BCUT2D eigenvalue weighted by molar-refractivity contribution is 7.91. The van der Waals surface area contributed by atoms with Crippen LogP contribution in [0.1, 0.15) is 18.1 Å². The molecule has 12 heteroatoms. The number of nitriles is 1. The fraction of sp³-hybridized carbons (Fsp3) is 0.222. The highest BCUT2D eigenvalue weighted by Crippen LogP contribution is 2.33. The molecule has 0 radical (unpaired) electrons. The molecule has 30 heavy (non-hydrogen) atoms. The number of amides is 1. The maximum absolute atomic E-state index is 13.8. The molecule has 2 N–H and O–H groups in total. The summed E-state index contributed by atoms with van der Waals surface area (Å²) in [7, 11) is -4.62. The Kier molecular flexibility index (Phi) is 6.20. The van der Waals surface area contributed by atoms with Gasteiger partial charge in [-0.25, -0.2) is 17.2 Å². The van der Waals surface area contributed by atoms with Crippen LogP contribution in [0.4, 0.5) is 27.6 Å². The number of alkyl halides is 3. The Labute approximate surface area is 167 Å². The van der Waals surface area contributed by atoms with E-state index in [9.17, 15) is 40.3 Å². The van der Waals surface area contributed by atoms with Crippen LogP contribution in [-0.4, -0.2) is 30.8 Å². The molecule has 1 atom stereocenters. The summed E-state index contributed by atoms with van der Waals surface area (Å²) in [5.74, 6) is -5.21. The third-order valence-electron chi connectivity index (χ3n) is 3.89. The van der Waals surface area contributed by atoms with Crippen molar-refractivity contribution in [3.8, 4) is 6.07 Å². The van der Waals surface area contributed by atoms with Crippen LogP contribution >= 0.6 is 0 Å². The van der Waals surface area contributed by atoms with Crippen LogP contribution in [0.5, 0.6) is 0 Å². The molecule has 0 spiro atoms. The first-order chi connectivity index (χ1) is 13.7. The molecule has 1 amide bonds. The molecular formula is C18H13F5N2O4S. The van der Waals surface area contributed by atoms with Crippen LogP contribution in [0.25, 0.3) is 0 Å². The lowest BCUT2D eigenvalue weighted by Crippen LogP contribution is -2.46. The van der Waals surface area contributed by atoms with Crippen molar-refractivity contribution < 1.29 is 40.3 Å². The minimum absolute atomic E-state index is 0.303. The van der Waals surface area contributed by atoms with E-state index in [-0.39, 0.29) is 0 Å². The van der Waals surface area contributed by atoms with E-state index in [2.05, 4.69) is 0 Å². The average Bonchev–Trinajstić information content (AvgIpc) is 2.59. The number of carbonyl (C=O) groups excluding carboxylic acids is 1. The molecule has 0 unspecified atom stereocenters. The number of nitrogens with zero attached hydrogens (tertiary/aromatic N) is 1. The van der Waals surface area contributed by atoms with Crippen molar-refractivity contribution in [3.63, 3.8) is 0 Å². The molecule has 0 aromatic heterocycles. The minimum atomic E-state index is -4.90. The van der Waals surface area contributed by atoms with E-state index in [1.807, 2.05) is 5.32 Å². The highest BCUT2D eigenvalue weighted by atomic mass is 32.2. The molecule has 0 heterocycles. The highest BCUT2D eigenvalue weighted by Gasteiger charge is 2.38. The lowest BCUT2D eigenvalue weighted by atomic mass is 10.1. The van der Waals surface area contributed by atoms with E-state index in [0.717, 1.165) is 19.1 Å². The molecule has 2 aromatic carbocycles. The Morgan fingerprint density at radius 1 is 1.17 bits per heavy atom. The molecule has 6 nitrogen and oxygen atoms in total. The van der Waals surface area contributed by atoms with Crippen LogP contribution in [-0.2, 0) is 20.8 Å². The summed E-state index contributed by atoms with van der Waals surface area (Å²) in [5, 5.41) is 20.9. The summed E-state index contributed by atoms with van der Waals surface area (Å²) in [6, 6.07) is 5.12. The SMILES string of the molecule is C[C@](O)(CS(=O)(=O)c1ccc(F)cc1F)C(=O)Nc1ccc(C#N)c(C(F)(F)F)c1. The Morgan fingerprint density at radius 2 is 1.80 bits per heavy atom. The van der Waals surface area contributed by atoms with Crippen molar-refractivity contribution in [1.82, 2.24) is 0 Å². The van der Waals surface area contributed by atoms with Gasteiger partial charge in [-0.3, -0.25) is 4.79 Å². The normalized spacial score (nSPS) is 13.9. The van der Waals surface area contributed by atoms with Gasteiger partial charge in [0.2, 0.25) is 0 Å². The van der Waals surface area contributed by atoms with Gasteiger partial charge in [-0.15, -0.1) is 0 Å². The summed E-state index contributed by atoms with van der Waals surface area (Å²) in [4.78, 5) is 11.3. The number of anilines is 1. The van der Waals surface area contributed by atoms with Crippen LogP contribution < -0.4 is 5.32 Å². The lowest BCUT2D eigenvalue weighted by Gasteiger charge is -2.22. The molecule has 0 fully saturated rings. The van der Waals surface area contributed by atoms with E-state index in [0.29, 0.717) is 24.3 Å². The molecule has 0 aliphatic heterocycles. The van der Waals surface area contributed by atoms with E-state index < -0.39 is 66.6 Å². The van der Waals surface area contributed by atoms with Crippen LogP contribution in [0.15, 0.2) is 41.3 Å². The van der Waals surface area contributed by atoms with Gasteiger partial charge in [0.1, 0.15) is 16.5 Å². The van der Waals surface area contributed by atoms with Gasteiger partial charge in [-0.05, 0) is 37.3 Å². The van der Waals surface area contributed by atoms with E-state index in [1.165, 1.54) is 6.07 Å². The topological polar surface area (TPSA) is 107 Å². The zero-order valence-corrected chi connectivity index (χ0v) is 15.9. The fourth-order valence-electron chi connectivity index (χ4n) is 2.46. The Bertz CT molecular complexity index is 1140. The predicted octanol–water partition coefficient (Wildman–Crippen LogP) is 3.02. The number of nitrogens with one attached hydrogen (secondary N) is 1. The van der Waals surface area contributed by atoms with Gasteiger partial charge in [0.25, 0.3) is 5.91 Å². The zero-order valence-electron chi connectivity index (χ0n) is 15.1. The molecule has 2 rings (SSSR count). The third kappa shape index (κ3) is 5.11. The van der Waals surface area contributed by atoms with Crippen molar-refractivity contribution in [1.29, 1.82) is 5.26 Å². The Morgan fingerprint density at radius 3 is 2.33 bits per heavy atom. The average molecular weight is 448 g/mol. The summed E-state index contributed by atoms with van der Waals surface area (Å²) in [5.41, 5.74) is -5.20. The first kappa shape index (κ1) is 23.2. The van der Waals surface area contributed by atoms with Crippen LogP contribution in [0.2, 0.25) is 0 Å². The number of carbonyl (C=O) groups is 1. The number of sulfone groups is 1. The second-order valence-electron chi connectivity index (χ2n) is 6.43. The first-order valence-corrected chi connectivity index (χ1v) is 9.65. The van der Waals surface area contributed by atoms with Crippen molar-refractivity contribution in [2.75, 3.05) is 11.1 Å². The fourth-order valence-corrected chi connectivity index (χ4v) is 4.12.